The minimum Gasteiger partial charge on any atom is -0.324 e. The van der Waals surface area contributed by atoms with E-state index in [1.165, 1.54) is 0 Å². The maximum atomic E-state index is 13.6. The summed E-state index contributed by atoms with van der Waals surface area (Å²) in [4.78, 5) is 0. The molecule has 0 spiro atoms. The van der Waals surface area contributed by atoms with Gasteiger partial charge in [0.25, 0.3) is 0 Å². The van der Waals surface area contributed by atoms with Crippen molar-refractivity contribution in [1.82, 2.24) is 0 Å². The van der Waals surface area contributed by atoms with Crippen LogP contribution in [0.1, 0.15) is 36.4 Å². The predicted molar refractivity (Wildman–Crippen MR) is 55.9 cm³/mol. The summed E-state index contributed by atoms with van der Waals surface area (Å²) in [7, 11) is 0. The lowest BCUT2D eigenvalue weighted by atomic mass is 9.98. The van der Waals surface area contributed by atoms with Crippen LogP contribution in [-0.4, -0.2) is 0 Å². The highest BCUT2D eigenvalue weighted by Crippen LogP contribution is 2.34. The lowest BCUT2D eigenvalue weighted by Gasteiger charge is -2.15. The molecule has 1 aliphatic carbocycles. The van der Waals surface area contributed by atoms with Crippen LogP contribution in [0.15, 0.2) is 6.07 Å². The third-order valence-electron chi connectivity index (χ3n) is 2.88. The summed E-state index contributed by atoms with van der Waals surface area (Å²) in [5, 5.41) is 0.293. The summed E-state index contributed by atoms with van der Waals surface area (Å²) in [5.41, 5.74) is 6.78. The van der Waals surface area contributed by atoms with Crippen molar-refractivity contribution >= 4 is 11.6 Å². The van der Waals surface area contributed by atoms with Crippen molar-refractivity contribution in [1.29, 1.82) is 0 Å². The summed E-state index contributed by atoms with van der Waals surface area (Å²) in [6.45, 7) is 0. The Labute approximate surface area is 92.2 Å². The molecule has 4 heteroatoms. The topological polar surface area (TPSA) is 26.0 Å². The first-order chi connectivity index (χ1) is 7.11. The summed E-state index contributed by atoms with van der Waals surface area (Å²) in [5.74, 6) is -1.74. The zero-order valence-electron chi connectivity index (χ0n) is 8.19. The average molecular weight is 232 g/mol. The fourth-order valence-corrected chi connectivity index (χ4v) is 2.39. The Balaban J connectivity index is 2.63. The van der Waals surface area contributed by atoms with Gasteiger partial charge in [-0.15, -0.1) is 0 Å². The number of fused-ring (bicyclic) bond motifs is 1. The molecule has 1 aromatic carbocycles. The van der Waals surface area contributed by atoms with Gasteiger partial charge in [0.1, 0.15) is 0 Å². The van der Waals surface area contributed by atoms with Crippen LogP contribution in [0, 0.1) is 11.6 Å². The zero-order valence-corrected chi connectivity index (χ0v) is 8.95. The quantitative estimate of drug-likeness (QED) is 0.538. The van der Waals surface area contributed by atoms with Crippen molar-refractivity contribution in [2.75, 3.05) is 0 Å². The Kier molecular flexibility index (Phi) is 2.94. The second-order valence-electron chi connectivity index (χ2n) is 3.90. The molecule has 2 N–H and O–H groups in total. The Bertz CT molecular complexity index is 393. The SMILES string of the molecule is N[C@H]1CCCCc2c(Cl)cc(F)c(F)c21. The fourth-order valence-electron chi connectivity index (χ4n) is 2.10. The van der Waals surface area contributed by atoms with Crippen molar-refractivity contribution in [3.8, 4) is 0 Å². The van der Waals surface area contributed by atoms with E-state index in [9.17, 15) is 8.78 Å². The number of halogens is 3. The van der Waals surface area contributed by atoms with E-state index in [2.05, 4.69) is 0 Å². The molecular formula is C11H12ClF2N. The van der Waals surface area contributed by atoms with Crippen LogP contribution >= 0.6 is 11.6 Å². The van der Waals surface area contributed by atoms with Crippen LogP contribution in [0.4, 0.5) is 8.78 Å². The van der Waals surface area contributed by atoms with E-state index < -0.39 is 17.7 Å². The molecule has 0 fully saturated rings. The summed E-state index contributed by atoms with van der Waals surface area (Å²) < 4.78 is 26.7. The van der Waals surface area contributed by atoms with Crippen molar-refractivity contribution in [3.05, 3.63) is 33.9 Å². The van der Waals surface area contributed by atoms with Gasteiger partial charge in [-0.2, -0.15) is 0 Å². The Morgan fingerprint density at radius 3 is 2.80 bits per heavy atom. The highest BCUT2D eigenvalue weighted by Gasteiger charge is 2.24. The van der Waals surface area contributed by atoms with E-state index in [4.69, 9.17) is 17.3 Å². The van der Waals surface area contributed by atoms with Crippen LogP contribution < -0.4 is 5.73 Å². The summed E-state index contributed by atoms with van der Waals surface area (Å²) in [6, 6.07) is 0.601. The highest BCUT2D eigenvalue weighted by molar-refractivity contribution is 6.31. The molecule has 0 aliphatic heterocycles. The number of rotatable bonds is 0. The van der Waals surface area contributed by atoms with Gasteiger partial charge in [-0.05, 0) is 30.9 Å². The molecule has 0 radical (unpaired) electrons. The monoisotopic (exact) mass is 231 g/mol. The number of hydrogen-bond acceptors (Lipinski definition) is 1. The molecular weight excluding hydrogens is 220 g/mol. The molecule has 0 aromatic heterocycles. The van der Waals surface area contributed by atoms with Crippen LogP contribution in [0.2, 0.25) is 5.02 Å². The second-order valence-corrected chi connectivity index (χ2v) is 4.31. The number of nitrogens with two attached hydrogens (primary N) is 1. The molecule has 1 nitrogen and oxygen atoms in total. The molecule has 0 unspecified atom stereocenters. The minimum absolute atomic E-state index is 0.275. The molecule has 0 saturated heterocycles. The molecule has 1 aromatic rings. The smallest absolute Gasteiger partial charge is 0.163 e. The Hall–Kier alpha value is -0.670. The first kappa shape index (κ1) is 10.8. The maximum absolute atomic E-state index is 13.6. The maximum Gasteiger partial charge on any atom is 0.163 e. The van der Waals surface area contributed by atoms with Crippen molar-refractivity contribution in [2.24, 2.45) is 5.73 Å². The van der Waals surface area contributed by atoms with Crippen LogP contribution in [0.5, 0.6) is 0 Å². The van der Waals surface area contributed by atoms with Gasteiger partial charge in [-0.1, -0.05) is 18.0 Å². The van der Waals surface area contributed by atoms with Crippen molar-refractivity contribution in [2.45, 2.75) is 31.7 Å². The molecule has 0 bridgehead atoms. The standard InChI is InChI=1S/C11H12ClF2N/c12-7-5-8(13)11(14)10-6(7)3-1-2-4-9(10)15/h5,9H,1-4,15H2/t9-/m0/s1. The van der Waals surface area contributed by atoms with E-state index >= 15 is 0 Å². The summed E-state index contributed by atoms with van der Waals surface area (Å²) in [6.07, 6.45) is 3.21. The Morgan fingerprint density at radius 1 is 1.33 bits per heavy atom. The number of benzene rings is 1. The minimum atomic E-state index is -0.906. The third kappa shape index (κ3) is 1.86. The molecule has 0 amide bonds. The van der Waals surface area contributed by atoms with Gasteiger partial charge < -0.3 is 5.73 Å². The molecule has 15 heavy (non-hydrogen) atoms. The van der Waals surface area contributed by atoms with Gasteiger partial charge in [0.15, 0.2) is 11.6 Å². The molecule has 82 valence electrons. The van der Waals surface area contributed by atoms with Crippen LogP contribution in [0.25, 0.3) is 0 Å². The molecule has 1 aliphatic rings. The van der Waals surface area contributed by atoms with Gasteiger partial charge in [0, 0.05) is 16.6 Å². The normalized spacial score (nSPS) is 20.9. The van der Waals surface area contributed by atoms with Crippen LogP contribution in [-0.2, 0) is 6.42 Å². The van der Waals surface area contributed by atoms with Gasteiger partial charge >= 0.3 is 0 Å². The second kappa shape index (κ2) is 4.06. The largest absolute Gasteiger partial charge is 0.324 e. The summed E-state index contributed by atoms with van der Waals surface area (Å²) >= 11 is 5.90. The molecule has 1 atom stereocenters. The van der Waals surface area contributed by atoms with Gasteiger partial charge in [0.05, 0.1) is 0 Å². The van der Waals surface area contributed by atoms with E-state index in [1.54, 1.807) is 0 Å². The van der Waals surface area contributed by atoms with E-state index in [1.807, 2.05) is 0 Å². The first-order valence-corrected chi connectivity index (χ1v) is 5.41. The number of hydrogen-bond donors (Lipinski definition) is 1. The molecule has 2 rings (SSSR count). The molecule has 0 heterocycles. The fraction of sp³-hybridized carbons (Fsp3) is 0.455. The van der Waals surface area contributed by atoms with Crippen molar-refractivity contribution < 1.29 is 8.78 Å². The highest BCUT2D eigenvalue weighted by atomic mass is 35.5. The van der Waals surface area contributed by atoms with Crippen LogP contribution in [0.3, 0.4) is 0 Å². The predicted octanol–water partition coefficient (Wildman–Crippen LogP) is 3.34. The zero-order chi connectivity index (χ0) is 11.0. The molecule has 0 saturated carbocycles. The Morgan fingerprint density at radius 2 is 2.07 bits per heavy atom. The third-order valence-corrected chi connectivity index (χ3v) is 3.21. The van der Waals surface area contributed by atoms with E-state index in [0.29, 0.717) is 23.4 Å². The van der Waals surface area contributed by atoms with E-state index in [0.717, 1.165) is 18.9 Å². The average Bonchev–Trinajstić information content (AvgIpc) is 2.37. The first-order valence-electron chi connectivity index (χ1n) is 5.03. The lowest BCUT2D eigenvalue weighted by molar-refractivity contribution is 0.483. The lowest BCUT2D eigenvalue weighted by Crippen LogP contribution is -2.14. The van der Waals surface area contributed by atoms with Crippen molar-refractivity contribution in [3.63, 3.8) is 0 Å². The van der Waals surface area contributed by atoms with E-state index in [-0.39, 0.29) is 5.56 Å². The van der Waals surface area contributed by atoms with Gasteiger partial charge in [-0.3, -0.25) is 0 Å². The van der Waals surface area contributed by atoms with Gasteiger partial charge in [-0.25, -0.2) is 8.78 Å². The van der Waals surface area contributed by atoms with Gasteiger partial charge in [0.2, 0.25) is 0 Å².